The summed E-state index contributed by atoms with van der Waals surface area (Å²) < 4.78 is 13.5. The normalized spacial score (nSPS) is 10.5. The smallest absolute Gasteiger partial charge is 0.180 e. The maximum Gasteiger partial charge on any atom is 0.180 e. The Kier molecular flexibility index (Phi) is 2.66. The van der Waals surface area contributed by atoms with Crippen LogP contribution in [0.4, 0.5) is 9.52 Å². The lowest BCUT2D eigenvalue weighted by atomic mass is 10.1. The fourth-order valence-electron chi connectivity index (χ4n) is 1.33. The van der Waals surface area contributed by atoms with Crippen LogP contribution in [0.5, 0.6) is 0 Å². The Balaban J connectivity index is 2.58. The van der Waals surface area contributed by atoms with Crippen molar-refractivity contribution in [1.82, 2.24) is 4.98 Å². The number of hydrogen-bond acceptors (Lipinski definition) is 4. The molecule has 0 aliphatic rings. The third kappa shape index (κ3) is 1.84. The summed E-state index contributed by atoms with van der Waals surface area (Å²) in [5, 5.41) is 9.38. The molecule has 1 heterocycles. The van der Waals surface area contributed by atoms with Gasteiger partial charge in [-0.05, 0) is 6.07 Å². The Morgan fingerprint density at radius 2 is 2.13 bits per heavy atom. The molecule has 3 N–H and O–H groups in total. The molecule has 15 heavy (non-hydrogen) atoms. The van der Waals surface area contributed by atoms with Gasteiger partial charge in [-0.2, -0.15) is 0 Å². The van der Waals surface area contributed by atoms with Crippen LogP contribution in [0, 0.1) is 5.82 Å². The van der Waals surface area contributed by atoms with E-state index < -0.39 is 0 Å². The van der Waals surface area contributed by atoms with Crippen molar-refractivity contribution in [2.45, 2.75) is 6.61 Å². The number of aliphatic hydroxyl groups is 1. The van der Waals surface area contributed by atoms with E-state index in [1.807, 2.05) is 0 Å². The Bertz CT molecular complexity index is 484. The summed E-state index contributed by atoms with van der Waals surface area (Å²) in [4.78, 5) is 4.52. The summed E-state index contributed by atoms with van der Waals surface area (Å²) in [6.07, 6.45) is 0. The molecule has 0 saturated carbocycles. The van der Waals surface area contributed by atoms with E-state index >= 15 is 0 Å². The molecule has 0 fully saturated rings. The summed E-state index contributed by atoms with van der Waals surface area (Å²) in [6.45, 7) is -0.239. The van der Waals surface area contributed by atoms with E-state index in [1.165, 1.54) is 17.4 Å². The van der Waals surface area contributed by atoms with Crippen LogP contribution in [-0.2, 0) is 6.61 Å². The van der Waals surface area contributed by atoms with Gasteiger partial charge < -0.3 is 10.8 Å². The van der Waals surface area contributed by atoms with Crippen molar-refractivity contribution >= 4 is 16.5 Å². The molecule has 0 bridgehead atoms. The van der Waals surface area contributed by atoms with Gasteiger partial charge in [0.25, 0.3) is 0 Å². The maximum atomic E-state index is 13.5. The van der Waals surface area contributed by atoms with E-state index in [4.69, 9.17) is 10.8 Å². The zero-order valence-electron chi connectivity index (χ0n) is 7.77. The third-order valence-corrected chi connectivity index (χ3v) is 2.94. The average molecular weight is 224 g/mol. The van der Waals surface area contributed by atoms with Crippen LogP contribution in [0.3, 0.4) is 0 Å². The van der Waals surface area contributed by atoms with E-state index in [2.05, 4.69) is 4.98 Å². The Hall–Kier alpha value is -1.46. The predicted molar refractivity (Wildman–Crippen MR) is 57.8 cm³/mol. The van der Waals surface area contributed by atoms with Crippen LogP contribution in [-0.4, -0.2) is 10.1 Å². The molecule has 0 aliphatic heterocycles. The van der Waals surface area contributed by atoms with Gasteiger partial charge in [0, 0.05) is 5.56 Å². The second-order valence-electron chi connectivity index (χ2n) is 2.97. The molecule has 5 heteroatoms. The van der Waals surface area contributed by atoms with E-state index in [1.54, 1.807) is 18.2 Å². The summed E-state index contributed by atoms with van der Waals surface area (Å²) in [6, 6.07) is 6.35. The topological polar surface area (TPSA) is 59.1 Å². The molecule has 1 aromatic heterocycles. The first-order valence-electron chi connectivity index (χ1n) is 4.33. The first kappa shape index (κ1) is 10.1. The molecule has 0 amide bonds. The molecule has 0 spiro atoms. The summed E-state index contributed by atoms with van der Waals surface area (Å²) in [5.41, 5.74) is 6.36. The largest absolute Gasteiger partial charge is 0.390 e. The zero-order chi connectivity index (χ0) is 10.8. The zero-order valence-corrected chi connectivity index (χ0v) is 8.59. The number of hydrogen-bond donors (Lipinski definition) is 2. The van der Waals surface area contributed by atoms with E-state index in [0.717, 1.165) is 0 Å². The van der Waals surface area contributed by atoms with Crippen LogP contribution in [0.1, 0.15) is 5.69 Å². The van der Waals surface area contributed by atoms with Crippen molar-refractivity contribution in [1.29, 1.82) is 0 Å². The third-order valence-electron chi connectivity index (χ3n) is 1.98. The Morgan fingerprint density at radius 3 is 2.80 bits per heavy atom. The van der Waals surface area contributed by atoms with Crippen LogP contribution in [0.2, 0.25) is 0 Å². The lowest BCUT2D eigenvalue weighted by Crippen LogP contribution is -1.89. The molecule has 2 aromatic rings. The van der Waals surface area contributed by atoms with Gasteiger partial charge in [0.05, 0.1) is 17.2 Å². The van der Waals surface area contributed by atoms with Crippen molar-refractivity contribution in [3.63, 3.8) is 0 Å². The number of aliphatic hydroxyl groups excluding tert-OH is 1. The maximum absolute atomic E-state index is 13.5. The molecule has 78 valence electrons. The second kappa shape index (κ2) is 3.96. The molecule has 0 saturated heterocycles. The summed E-state index contributed by atoms with van der Waals surface area (Å²) in [7, 11) is 0. The molecule has 2 rings (SSSR count). The minimum Gasteiger partial charge on any atom is -0.390 e. The molecular formula is C10H9FN2OS. The predicted octanol–water partition coefficient (Wildman–Crippen LogP) is 2.02. The van der Waals surface area contributed by atoms with Crippen molar-refractivity contribution in [3.8, 4) is 10.4 Å². The lowest BCUT2D eigenvalue weighted by Gasteiger charge is -2.00. The van der Waals surface area contributed by atoms with Crippen molar-refractivity contribution in [2.75, 3.05) is 5.73 Å². The number of halogens is 1. The van der Waals surface area contributed by atoms with Gasteiger partial charge in [-0.15, -0.1) is 0 Å². The minimum absolute atomic E-state index is 0.239. The van der Waals surface area contributed by atoms with Crippen molar-refractivity contribution in [2.24, 2.45) is 0 Å². The van der Waals surface area contributed by atoms with E-state index in [0.29, 0.717) is 21.3 Å². The van der Waals surface area contributed by atoms with Crippen molar-refractivity contribution < 1.29 is 9.50 Å². The SMILES string of the molecule is Nc1nc(CO)c(-c2ccccc2F)s1. The van der Waals surface area contributed by atoms with Gasteiger partial charge in [0.2, 0.25) is 0 Å². The van der Waals surface area contributed by atoms with Gasteiger partial charge in [-0.1, -0.05) is 29.5 Å². The highest BCUT2D eigenvalue weighted by Gasteiger charge is 2.13. The van der Waals surface area contributed by atoms with Gasteiger partial charge in [0.15, 0.2) is 5.13 Å². The Morgan fingerprint density at radius 1 is 1.40 bits per heavy atom. The fraction of sp³-hybridized carbons (Fsp3) is 0.100. The van der Waals surface area contributed by atoms with Crippen molar-refractivity contribution in [3.05, 3.63) is 35.8 Å². The number of nitrogens with two attached hydrogens (primary N) is 1. The lowest BCUT2D eigenvalue weighted by molar-refractivity contribution is 0.278. The van der Waals surface area contributed by atoms with Crippen LogP contribution >= 0.6 is 11.3 Å². The number of thiazole rings is 1. The summed E-state index contributed by atoms with van der Waals surface area (Å²) in [5.74, 6) is -0.337. The number of aromatic nitrogens is 1. The van der Waals surface area contributed by atoms with Gasteiger partial charge in [0.1, 0.15) is 5.82 Å². The number of nitrogens with zero attached hydrogens (tertiary/aromatic N) is 1. The quantitative estimate of drug-likeness (QED) is 0.820. The Labute approximate surface area is 90.0 Å². The standard InChI is InChI=1S/C10H9FN2OS/c11-7-4-2-1-3-6(7)9-8(5-14)13-10(12)15-9/h1-4,14H,5H2,(H2,12,13). The molecule has 0 radical (unpaired) electrons. The minimum atomic E-state index is -0.337. The molecule has 0 atom stereocenters. The molecule has 0 unspecified atom stereocenters. The number of benzene rings is 1. The van der Waals surface area contributed by atoms with Crippen LogP contribution in [0.25, 0.3) is 10.4 Å². The van der Waals surface area contributed by atoms with Gasteiger partial charge in [-0.25, -0.2) is 9.37 Å². The van der Waals surface area contributed by atoms with E-state index in [9.17, 15) is 4.39 Å². The fourth-order valence-corrected chi connectivity index (χ4v) is 2.20. The highest BCUT2D eigenvalue weighted by atomic mass is 32.1. The monoisotopic (exact) mass is 224 g/mol. The number of anilines is 1. The van der Waals surface area contributed by atoms with Gasteiger partial charge in [-0.3, -0.25) is 0 Å². The number of rotatable bonds is 2. The molecular weight excluding hydrogens is 215 g/mol. The first-order valence-corrected chi connectivity index (χ1v) is 5.15. The molecule has 1 aromatic carbocycles. The average Bonchev–Trinajstić information content (AvgIpc) is 2.60. The van der Waals surface area contributed by atoms with E-state index in [-0.39, 0.29) is 12.4 Å². The second-order valence-corrected chi connectivity index (χ2v) is 4.00. The van der Waals surface area contributed by atoms with Crippen LogP contribution < -0.4 is 5.73 Å². The van der Waals surface area contributed by atoms with Gasteiger partial charge >= 0.3 is 0 Å². The highest BCUT2D eigenvalue weighted by Crippen LogP contribution is 2.33. The molecule has 0 aliphatic carbocycles. The first-order chi connectivity index (χ1) is 7.22. The highest BCUT2D eigenvalue weighted by molar-refractivity contribution is 7.18. The number of nitrogen functional groups attached to an aromatic ring is 1. The molecule has 3 nitrogen and oxygen atoms in total. The summed E-state index contributed by atoms with van der Waals surface area (Å²) >= 11 is 1.17. The van der Waals surface area contributed by atoms with Crippen LogP contribution in [0.15, 0.2) is 24.3 Å².